The molecule has 0 aromatic heterocycles. The van der Waals surface area contributed by atoms with Crippen LogP contribution in [0.15, 0.2) is 0 Å². The Balaban J connectivity index is 2.35. The van der Waals surface area contributed by atoms with Crippen molar-refractivity contribution in [1.29, 1.82) is 0 Å². The first-order chi connectivity index (χ1) is 5.74. The Bertz CT molecular complexity index is 163. The first kappa shape index (κ1) is 9.86. The van der Waals surface area contributed by atoms with Crippen LogP contribution in [0.25, 0.3) is 0 Å². The number of carbonyl (C=O) groups excluding carboxylic acids is 1. The molecule has 1 amide bonds. The molecule has 0 radical (unpaired) electrons. The second-order valence-corrected chi connectivity index (χ2v) is 3.99. The zero-order chi connectivity index (χ0) is 8.97. The molecule has 1 aliphatic rings. The van der Waals surface area contributed by atoms with E-state index in [2.05, 4.69) is 12.2 Å². The van der Waals surface area contributed by atoms with Crippen LogP contribution in [0, 0.1) is 0 Å². The average molecular weight is 188 g/mol. The molecule has 1 rings (SSSR count). The van der Waals surface area contributed by atoms with Gasteiger partial charge < -0.3 is 10.2 Å². The van der Waals surface area contributed by atoms with Gasteiger partial charge in [-0.05, 0) is 13.2 Å². The second-order valence-electron chi connectivity index (χ2n) is 3.13. The molecule has 12 heavy (non-hydrogen) atoms. The number of amides is 1. The van der Waals surface area contributed by atoms with E-state index in [4.69, 9.17) is 0 Å². The molecule has 70 valence electrons. The molecule has 0 bridgehead atoms. The van der Waals surface area contributed by atoms with Gasteiger partial charge in [-0.3, -0.25) is 4.79 Å². The Morgan fingerprint density at radius 1 is 1.75 bits per heavy atom. The zero-order valence-electron chi connectivity index (χ0n) is 7.67. The maximum Gasteiger partial charge on any atom is 0.232 e. The van der Waals surface area contributed by atoms with Crippen molar-refractivity contribution >= 4 is 17.7 Å². The predicted octanol–water partition coefficient (Wildman–Crippen LogP) is 0.170. The maximum absolute atomic E-state index is 11.4. The van der Waals surface area contributed by atoms with Gasteiger partial charge in [-0.25, -0.2) is 0 Å². The normalized spacial score (nSPS) is 24.2. The molecule has 1 aliphatic heterocycles. The topological polar surface area (TPSA) is 32.3 Å². The number of nitrogens with one attached hydrogen (secondary N) is 1. The van der Waals surface area contributed by atoms with E-state index < -0.39 is 0 Å². The molecule has 3 nitrogen and oxygen atoms in total. The number of hydrogen-bond acceptors (Lipinski definition) is 3. The summed E-state index contributed by atoms with van der Waals surface area (Å²) >= 11 is 1.59. The molecule has 0 saturated carbocycles. The summed E-state index contributed by atoms with van der Waals surface area (Å²) in [6.07, 6.45) is 1.96. The summed E-state index contributed by atoms with van der Waals surface area (Å²) in [6, 6.07) is 0.449. The van der Waals surface area contributed by atoms with Gasteiger partial charge in [0.1, 0.15) is 0 Å². The molecule has 1 atom stereocenters. The van der Waals surface area contributed by atoms with Crippen LogP contribution >= 0.6 is 11.8 Å². The lowest BCUT2D eigenvalue weighted by Crippen LogP contribution is -2.51. The number of hydrogen-bond donors (Lipinski definition) is 1. The smallest absolute Gasteiger partial charge is 0.232 e. The Labute approximate surface area is 77.9 Å². The van der Waals surface area contributed by atoms with Crippen molar-refractivity contribution in [2.45, 2.75) is 13.0 Å². The van der Waals surface area contributed by atoms with E-state index >= 15 is 0 Å². The molecular formula is C8H16N2OS. The molecule has 4 heteroatoms. The van der Waals surface area contributed by atoms with E-state index in [9.17, 15) is 4.79 Å². The Hall–Kier alpha value is -0.220. The summed E-state index contributed by atoms with van der Waals surface area (Å²) in [5.74, 6) is 0.892. The number of carbonyl (C=O) groups is 1. The number of piperazine rings is 1. The van der Waals surface area contributed by atoms with E-state index in [0.717, 1.165) is 19.6 Å². The minimum Gasteiger partial charge on any atom is -0.339 e. The van der Waals surface area contributed by atoms with Crippen LogP contribution in [0.2, 0.25) is 0 Å². The minimum atomic E-state index is 0.274. The average Bonchev–Trinajstić information content (AvgIpc) is 2.05. The monoisotopic (exact) mass is 188 g/mol. The fraction of sp³-hybridized carbons (Fsp3) is 0.875. The van der Waals surface area contributed by atoms with E-state index in [1.807, 2.05) is 11.2 Å². The van der Waals surface area contributed by atoms with Gasteiger partial charge in [0, 0.05) is 25.7 Å². The highest BCUT2D eigenvalue weighted by Crippen LogP contribution is 2.02. The highest BCUT2D eigenvalue weighted by atomic mass is 32.2. The first-order valence-electron chi connectivity index (χ1n) is 4.24. The summed E-state index contributed by atoms with van der Waals surface area (Å²) in [4.78, 5) is 13.4. The van der Waals surface area contributed by atoms with Crippen LogP contribution in [0.3, 0.4) is 0 Å². The summed E-state index contributed by atoms with van der Waals surface area (Å²) < 4.78 is 0. The molecule has 0 aromatic rings. The lowest BCUT2D eigenvalue weighted by Gasteiger charge is -2.31. The van der Waals surface area contributed by atoms with Crippen LogP contribution in [0.1, 0.15) is 6.92 Å². The van der Waals surface area contributed by atoms with E-state index in [0.29, 0.717) is 11.8 Å². The van der Waals surface area contributed by atoms with Gasteiger partial charge in [-0.1, -0.05) is 0 Å². The van der Waals surface area contributed by atoms with Crippen molar-refractivity contribution < 1.29 is 4.79 Å². The van der Waals surface area contributed by atoms with Crippen molar-refractivity contribution in [2.75, 3.05) is 31.6 Å². The van der Waals surface area contributed by atoms with Gasteiger partial charge >= 0.3 is 0 Å². The van der Waals surface area contributed by atoms with Crippen LogP contribution in [-0.2, 0) is 4.79 Å². The standard InChI is InChI=1S/C8H16N2OS/c1-7-5-10(4-3-9-7)8(11)6-12-2/h7,9H,3-6H2,1-2H3/t7-/m0/s1. The predicted molar refractivity (Wildman–Crippen MR) is 52.4 cm³/mol. The highest BCUT2D eigenvalue weighted by molar-refractivity contribution is 7.99. The molecule has 0 unspecified atom stereocenters. The maximum atomic E-state index is 11.4. The molecule has 1 heterocycles. The zero-order valence-corrected chi connectivity index (χ0v) is 8.49. The van der Waals surface area contributed by atoms with Crippen molar-refractivity contribution in [3.63, 3.8) is 0 Å². The van der Waals surface area contributed by atoms with Crippen molar-refractivity contribution in [2.24, 2.45) is 0 Å². The van der Waals surface area contributed by atoms with Gasteiger partial charge in [-0.15, -0.1) is 0 Å². The number of nitrogens with zero attached hydrogens (tertiary/aromatic N) is 1. The van der Waals surface area contributed by atoms with E-state index in [1.165, 1.54) is 0 Å². The first-order valence-corrected chi connectivity index (χ1v) is 5.63. The molecule has 0 aromatic carbocycles. The lowest BCUT2D eigenvalue weighted by atomic mass is 10.2. The van der Waals surface area contributed by atoms with Crippen LogP contribution in [0.5, 0.6) is 0 Å². The van der Waals surface area contributed by atoms with Crippen molar-refractivity contribution in [1.82, 2.24) is 10.2 Å². The van der Waals surface area contributed by atoms with Crippen LogP contribution < -0.4 is 5.32 Å². The lowest BCUT2D eigenvalue weighted by molar-refractivity contribution is -0.129. The molecule has 1 fully saturated rings. The highest BCUT2D eigenvalue weighted by Gasteiger charge is 2.19. The third-order valence-corrected chi connectivity index (χ3v) is 2.52. The van der Waals surface area contributed by atoms with Gasteiger partial charge in [0.25, 0.3) is 0 Å². The van der Waals surface area contributed by atoms with Crippen LogP contribution in [0.4, 0.5) is 0 Å². The molecule has 1 N–H and O–H groups in total. The summed E-state index contributed by atoms with van der Waals surface area (Å²) in [5, 5.41) is 3.31. The third-order valence-electron chi connectivity index (χ3n) is 1.99. The quantitative estimate of drug-likeness (QED) is 0.670. The Kier molecular flexibility index (Phi) is 3.88. The van der Waals surface area contributed by atoms with Crippen molar-refractivity contribution in [3.8, 4) is 0 Å². The fourth-order valence-corrected chi connectivity index (χ4v) is 1.80. The summed E-state index contributed by atoms with van der Waals surface area (Å²) in [7, 11) is 0. The summed E-state index contributed by atoms with van der Waals surface area (Å²) in [6.45, 7) is 4.77. The molecular weight excluding hydrogens is 172 g/mol. The summed E-state index contributed by atoms with van der Waals surface area (Å²) in [5.41, 5.74) is 0. The minimum absolute atomic E-state index is 0.274. The van der Waals surface area contributed by atoms with Gasteiger partial charge in [0.2, 0.25) is 5.91 Å². The Morgan fingerprint density at radius 2 is 2.50 bits per heavy atom. The van der Waals surface area contributed by atoms with Gasteiger partial charge in [0.15, 0.2) is 0 Å². The SMILES string of the molecule is CSCC(=O)N1CCN[C@@H](C)C1. The molecule has 0 spiro atoms. The van der Waals surface area contributed by atoms with Crippen LogP contribution in [-0.4, -0.2) is 48.5 Å². The molecule has 0 aliphatic carbocycles. The van der Waals surface area contributed by atoms with E-state index in [-0.39, 0.29) is 5.91 Å². The Morgan fingerprint density at radius 3 is 3.08 bits per heavy atom. The van der Waals surface area contributed by atoms with E-state index in [1.54, 1.807) is 11.8 Å². The number of rotatable bonds is 2. The largest absolute Gasteiger partial charge is 0.339 e. The molecule has 1 saturated heterocycles. The van der Waals surface area contributed by atoms with Crippen molar-refractivity contribution in [3.05, 3.63) is 0 Å². The van der Waals surface area contributed by atoms with Gasteiger partial charge in [-0.2, -0.15) is 11.8 Å². The number of thioether (sulfide) groups is 1. The third kappa shape index (κ3) is 2.68. The van der Waals surface area contributed by atoms with Gasteiger partial charge in [0.05, 0.1) is 5.75 Å². The fourth-order valence-electron chi connectivity index (χ4n) is 1.37. The second kappa shape index (κ2) is 4.72.